The van der Waals surface area contributed by atoms with Crippen molar-refractivity contribution in [3.8, 4) is 11.1 Å². The Balaban J connectivity index is 2.64. The van der Waals surface area contributed by atoms with Crippen LogP contribution in [-0.2, 0) is 0 Å². The molecule has 2 rings (SSSR count). The molecule has 2 heteroatoms. The Kier molecular flexibility index (Phi) is 3.05. The molecule has 0 saturated heterocycles. The molecule has 2 aromatic rings. The van der Waals surface area contributed by atoms with Crippen molar-refractivity contribution >= 4 is 5.78 Å². The average molecular weight is 228 g/mol. The summed E-state index contributed by atoms with van der Waals surface area (Å²) in [5.41, 5.74) is 2.99. The maximum Gasteiger partial charge on any atom is 0.160 e. The Morgan fingerprint density at radius 1 is 1.12 bits per heavy atom. The molecule has 0 aliphatic heterocycles. The monoisotopic (exact) mass is 228 g/mol. The number of ketones is 1. The molecule has 1 nitrogen and oxygen atoms in total. The van der Waals surface area contributed by atoms with Crippen molar-refractivity contribution in [3.05, 3.63) is 59.4 Å². The summed E-state index contributed by atoms with van der Waals surface area (Å²) in [6, 6.07) is 12.1. The Labute approximate surface area is 99.9 Å². The number of hydrogen-bond donors (Lipinski definition) is 0. The van der Waals surface area contributed by atoms with Gasteiger partial charge in [0.2, 0.25) is 0 Å². The van der Waals surface area contributed by atoms with E-state index in [-0.39, 0.29) is 11.6 Å². The van der Waals surface area contributed by atoms with Crippen molar-refractivity contribution < 1.29 is 9.18 Å². The van der Waals surface area contributed by atoms with Gasteiger partial charge in [-0.15, -0.1) is 0 Å². The zero-order valence-electron chi connectivity index (χ0n) is 9.83. The third-order valence-corrected chi connectivity index (χ3v) is 2.66. The number of rotatable bonds is 2. The van der Waals surface area contributed by atoms with Crippen LogP contribution in [0, 0.1) is 12.7 Å². The minimum atomic E-state index is -0.279. The SMILES string of the molecule is CC(=O)c1ccccc1-c1cc(C)cc(F)c1. The summed E-state index contributed by atoms with van der Waals surface area (Å²) in [7, 11) is 0. The highest BCUT2D eigenvalue weighted by Gasteiger charge is 2.09. The van der Waals surface area contributed by atoms with Gasteiger partial charge in [-0.2, -0.15) is 0 Å². The van der Waals surface area contributed by atoms with Gasteiger partial charge in [-0.25, -0.2) is 4.39 Å². The number of benzene rings is 2. The lowest BCUT2D eigenvalue weighted by Crippen LogP contribution is -1.96. The van der Waals surface area contributed by atoms with Gasteiger partial charge in [-0.05, 0) is 42.7 Å². The molecular formula is C15H13FO. The summed E-state index contributed by atoms with van der Waals surface area (Å²) in [5.74, 6) is -0.291. The third-order valence-electron chi connectivity index (χ3n) is 2.66. The highest BCUT2D eigenvalue weighted by Crippen LogP contribution is 2.25. The molecule has 17 heavy (non-hydrogen) atoms. The third kappa shape index (κ3) is 2.41. The molecule has 0 saturated carbocycles. The number of aryl methyl sites for hydroxylation is 1. The largest absolute Gasteiger partial charge is 0.294 e. The van der Waals surface area contributed by atoms with Gasteiger partial charge >= 0.3 is 0 Å². The van der Waals surface area contributed by atoms with Gasteiger partial charge in [0, 0.05) is 5.56 Å². The van der Waals surface area contributed by atoms with Crippen LogP contribution >= 0.6 is 0 Å². The molecule has 0 aliphatic rings. The van der Waals surface area contributed by atoms with E-state index >= 15 is 0 Å². The van der Waals surface area contributed by atoms with Gasteiger partial charge in [-0.1, -0.05) is 30.3 Å². The molecule has 0 aliphatic carbocycles. The summed E-state index contributed by atoms with van der Waals surface area (Å²) in [5, 5.41) is 0. The van der Waals surface area contributed by atoms with Crippen molar-refractivity contribution in [2.45, 2.75) is 13.8 Å². The van der Waals surface area contributed by atoms with E-state index in [2.05, 4.69) is 0 Å². The molecule has 0 heterocycles. The summed E-state index contributed by atoms with van der Waals surface area (Å²) in [6.07, 6.45) is 0. The number of carbonyl (C=O) groups excluding carboxylic acids is 1. The van der Waals surface area contributed by atoms with Crippen molar-refractivity contribution in [3.63, 3.8) is 0 Å². The van der Waals surface area contributed by atoms with Crippen molar-refractivity contribution in [2.24, 2.45) is 0 Å². The lowest BCUT2D eigenvalue weighted by Gasteiger charge is -2.08. The lowest BCUT2D eigenvalue weighted by atomic mass is 9.96. The zero-order chi connectivity index (χ0) is 12.4. The average Bonchev–Trinajstić information content (AvgIpc) is 2.27. The van der Waals surface area contributed by atoms with Crippen LogP contribution in [0.3, 0.4) is 0 Å². The van der Waals surface area contributed by atoms with Crippen LogP contribution in [0.4, 0.5) is 4.39 Å². The van der Waals surface area contributed by atoms with Crippen LogP contribution < -0.4 is 0 Å². The molecule has 0 N–H and O–H groups in total. The predicted octanol–water partition coefficient (Wildman–Crippen LogP) is 4.00. The summed E-state index contributed by atoms with van der Waals surface area (Å²) >= 11 is 0. The molecule has 86 valence electrons. The molecule has 0 bridgehead atoms. The lowest BCUT2D eigenvalue weighted by molar-refractivity contribution is 0.101. The van der Waals surface area contributed by atoms with E-state index in [0.29, 0.717) is 5.56 Å². The molecule has 0 amide bonds. The first kappa shape index (κ1) is 11.5. The molecule has 0 atom stereocenters. The first-order valence-electron chi connectivity index (χ1n) is 5.45. The van der Waals surface area contributed by atoms with Gasteiger partial charge < -0.3 is 0 Å². The van der Waals surface area contributed by atoms with E-state index in [1.165, 1.54) is 19.1 Å². The van der Waals surface area contributed by atoms with Crippen LogP contribution in [0.5, 0.6) is 0 Å². The first-order chi connectivity index (χ1) is 8.08. The van der Waals surface area contributed by atoms with E-state index < -0.39 is 0 Å². The maximum atomic E-state index is 13.4. The maximum absolute atomic E-state index is 13.4. The highest BCUT2D eigenvalue weighted by atomic mass is 19.1. The smallest absolute Gasteiger partial charge is 0.160 e. The van der Waals surface area contributed by atoms with Crippen molar-refractivity contribution in [1.82, 2.24) is 0 Å². The van der Waals surface area contributed by atoms with Gasteiger partial charge in [0.1, 0.15) is 5.82 Å². The summed E-state index contributed by atoms with van der Waals surface area (Å²) in [6.45, 7) is 3.36. The zero-order valence-corrected chi connectivity index (χ0v) is 9.83. The van der Waals surface area contributed by atoms with E-state index in [1.54, 1.807) is 6.07 Å². The Hall–Kier alpha value is -1.96. The Morgan fingerprint density at radius 3 is 2.47 bits per heavy atom. The fraction of sp³-hybridized carbons (Fsp3) is 0.133. The molecule has 0 fully saturated rings. The fourth-order valence-corrected chi connectivity index (χ4v) is 1.93. The van der Waals surface area contributed by atoms with Crippen LogP contribution in [0.2, 0.25) is 0 Å². The van der Waals surface area contributed by atoms with Crippen molar-refractivity contribution in [1.29, 1.82) is 0 Å². The second-order valence-electron chi connectivity index (χ2n) is 4.12. The van der Waals surface area contributed by atoms with E-state index in [9.17, 15) is 9.18 Å². The van der Waals surface area contributed by atoms with Crippen LogP contribution in [-0.4, -0.2) is 5.78 Å². The van der Waals surface area contributed by atoms with Crippen LogP contribution in [0.15, 0.2) is 42.5 Å². The first-order valence-corrected chi connectivity index (χ1v) is 5.45. The molecule has 0 radical (unpaired) electrons. The number of hydrogen-bond acceptors (Lipinski definition) is 1. The standard InChI is InChI=1S/C15H13FO/c1-10-7-12(9-13(16)8-10)15-6-4-3-5-14(15)11(2)17/h3-9H,1-2H3. The van der Waals surface area contributed by atoms with Crippen molar-refractivity contribution in [2.75, 3.05) is 0 Å². The Morgan fingerprint density at radius 2 is 1.82 bits per heavy atom. The van der Waals surface area contributed by atoms with E-state index in [0.717, 1.165) is 16.7 Å². The summed E-state index contributed by atoms with van der Waals surface area (Å²) in [4.78, 5) is 11.5. The van der Waals surface area contributed by atoms with Gasteiger partial charge in [0.15, 0.2) is 5.78 Å². The number of Topliss-reactive ketones (excluding diaryl/α,β-unsaturated/α-hetero) is 1. The van der Waals surface area contributed by atoms with Crippen LogP contribution in [0.25, 0.3) is 11.1 Å². The van der Waals surface area contributed by atoms with Gasteiger partial charge in [0.25, 0.3) is 0 Å². The minimum Gasteiger partial charge on any atom is -0.294 e. The topological polar surface area (TPSA) is 17.1 Å². The number of carbonyl (C=O) groups is 1. The van der Waals surface area contributed by atoms with Gasteiger partial charge in [-0.3, -0.25) is 4.79 Å². The molecule has 0 spiro atoms. The summed E-state index contributed by atoms with van der Waals surface area (Å²) < 4.78 is 13.4. The minimum absolute atomic E-state index is 0.0116. The van der Waals surface area contributed by atoms with E-state index in [1.807, 2.05) is 31.2 Å². The molecular weight excluding hydrogens is 215 g/mol. The molecule has 2 aromatic carbocycles. The van der Waals surface area contributed by atoms with Gasteiger partial charge in [0.05, 0.1) is 0 Å². The highest BCUT2D eigenvalue weighted by molar-refractivity contribution is 6.00. The molecule has 0 aromatic heterocycles. The second kappa shape index (κ2) is 4.50. The van der Waals surface area contributed by atoms with E-state index in [4.69, 9.17) is 0 Å². The number of halogens is 1. The fourth-order valence-electron chi connectivity index (χ4n) is 1.93. The van der Waals surface area contributed by atoms with Crippen LogP contribution in [0.1, 0.15) is 22.8 Å². The quantitative estimate of drug-likeness (QED) is 0.710. The normalized spacial score (nSPS) is 10.3. The molecule has 0 unspecified atom stereocenters. The predicted molar refractivity (Wildman–Crippen MR) is 66.6 cm³/mol. The second-order valence-corrected chi connectivity index (χ2v) is 4.12. The Bertz CT molecular complexity index is 553.